The van der Waals surface area contributed by atoms with Gasteiger partial charge in [0.1, 0.15) is 11.9 Å². The van der Waals surface area contributed by atoms with Crippen molar-refractivity contribution in [1.29, 1.82) is 0 Å². The Morgan fingerprint density at radius 2 is 2.16 bits per heavy atom. The van der Waals surface area contributed by atoms with E-state index in [9.17, 15) is 9.90 Å². The van der Waals surface area contributed by atoms with Gasteiger partial charge in [0, 0.05) is 56.7 Å². The lowest BCUT2D eigenvalue weighted by Crippen LogP contribution is -2.35. The number of fused-ring (bicyclic) bond motifs is 2. The van der Waals surface area contributed by atoms with Crippen molar-refractivity contribution in [2.45, 2.75) is 39.2 Å². The van der Waals surface area contributed by atoms with Crippen molar-refractivity contribution in [3.8, 4) is 5.75 Å². The summed E-state index contributed by atoms with van der Waals surface area (Å²) in [6, 6.07) is 4.12. The minimum absolute atomic E-state index is 0.137. The molecule has 0 bridgehead atoms. The number of anilines is 2. The van der Waals surface area contributed by atoms with Crippen LogP contribution in [0.2, 0.25) is 0 Å². The van der Waals surface area contributed by atoms with E-state index in [1.807, 2.05) is 18.1 Å². The summed E-state index contributed by atoms with van der Waals surface area (Å²) in [5, 5.41) is 14.5. The Labute approximate surface area is 182 Å². The Kier molecular flexibility index (Phi) is 5.19. The number of benzene rings is 1. The standard InChI is InChI=1S/C23H29N5O3/c1-14-10-24-22-18(11-25-28(22)12-14)23(30)26-19-8-17-7-15(2)31-21(17)9-20(19)27-5-3-16(13-29)4-6-27/h8-10,12,15-16,25,29H,3-7,11,13H2,1-2H3,(H,26,30). The summed E-state index contributed by atoms with van der Waals surface area (Å²) in [5.74, 6) is 1.75. The van der Waals surface area contributed by atoms with E-state index in [4.69, 9.17) is 4.74 Å². The summed E-state index contributed by atoms with van der Waals surface area (Å²) in [5.41, 5.74) is 7.75. The van der Waals surface area contributed by atoms with Crippen LogP contribution < -0.4 is 20.4 Å². The smallest absolute Gasteiger partial charge is 0.256 e. The molecule has 0 aromatic heterocycles. The van der Waals surface area contributed by atoms with Gasteiger partial charge in [0.2, 0.25) is 0 Å². The summed E-state index contributed by atoms with van der Waals surface area (Å²) in [7, 11) is 0. The Morgan fingerprint density at radius 1 is 1.35 bits per heavy atom. The number of amides is 1. The number of carbonyl (C=O) groups is 1. The monoisotopic (exact) mass is 423 g/mol. The molecule has 8 heteroatoms. The molecule has 1 amide bonds. The number of hydrogen-bond donors (Lipinski definition) is 3. The Bertz CT molecular complexity index is 991. The second kappa shape index (κ2) is 8.01. The molecule has 1 atom stereocenters. The van der Waals surface area contributed by atoms with E-state index in [2.05, 4.69) is 39.7 Å². The third-order valence-electron chi connectivity index (χ3n) is 6.40. The van der Waals surface area contributed by atoms with E-state index < -0.39 is 0 Å². The van der Waals surface area contributed by atoms with Gasteiger partial charge < -0.3 is 20.1 Å². The van der Waals surface area contributed by atoms with Gasteiger partial charge in [-0.1, -0.05) is 0 Å². The molecule has 5 rings (SSSR count). The van der Waals surface area contributed by atoms with Crippen LogP contribution in [0.3, 0.4) is 0 Å². The molecule has 4 heterocycles. The average Bonchev–Trinajstić information content (AvgIpc) is 3.34. The molecule has 1 fully saturated rings. The summed E-state index contributed by atoms with van der Waals surface area (Å²) in [4.78, 5) is 20.0. The minimum atomic E-state index is -0.145. The topological polar surface area (TPSA) is 89.4 Å². The number of aliphatic hydroxyl groups is 1. The van der Waals surface area contributed by atoms with E-state index in [0.717, 1.165) is 60.6 Å². The van der Waals surface area contributed by atoms with Gasteiger partial charge in [0.05, 0.1) is 16.9 Å². The number of rotatable bonds is 4. The maximum absolute atomic E-state index is 13.2. The molecule has 0 saturated carbocycles. The highest BCUT2D eigenvalue weighted by Crippen LogP contribution is 2.40. The lowest BCUT2D eigenvalue weighted by atomic mass is 9.97. The molecule has 4 aliphatic rings. The highest BCUT2D eigenvalue weighted by atomic mass is 16.5. The zero-order chi connectivity index (χ0) is 21.5. The number of hydrogen-bond acceptors (Lipinski definition) is 7. The molecule has 0 aliphatic carbocycles. The molecule has 0 radical (unpaired) electrons. The number of allylic oxidation sites excluding steroid dienone is 1. The number of aliphatic imine (C=N–C) groups is 1. The lowest BCUT2D eigenvalue weighted by molar-refractivity contribution is -0.112. The van der Waals surface area contributed by atoms with Crippen LogP contribution in [0.4, 0.5) is 11.4 Å². The first-order valence-electron chi connectivity index (χ1n) is 11.0. The van der Waals surface area contributed by atoms with Gasteiger partial charge >= 0.3 is 0 Å². The number of carbonyl (C=O) groups excluding carboxylic acids is 1. The van der Waals surface area contributed by atoms with E-state index in [0.29, 0.717) is 23.9 Å². The fourth-order valence-electron chi connectivity index (χ4n) is 4.66. The van der Waals surface area contributed by atoms with Crippen molar-refractivity contribution >= 4 is 23.5 Å². The Morgan fingerprint density at radius 3 is 2.94 bits per heavy atom. The molecular weight excluding hydrogens is 394 g/mol. The molecule has 164 valence electrons. The van der Waals surface area contributed by atoms with Gasteiger partial charge in [0.15, 0.2) is 5.82 Å². The normalized spacial score (nSPS) is 22.9. The third-order valence-corrected chi connectivity index (χ3v) is 6.40. The number of hydrazine groups is 1. The zero-order valence-corrected chi connectivity index (χ0v) is 18.0. The van der Waals surface area contributed by atoms with Crippen LogP contribution >= 0.6 is 0 Å². The Hall–Kier alpha value is -2.84. The number of nitrogens with zero attached hydrogens (tertiary/aromatic N) is 3. The largest absolute Gasteiger partial charge is 0.490 e. The van der Waals surface area contributed by atoms with Gasteiger partial charge in [-0.3, -0.25) is 9.80 Å². The predicted molar refractivity (Wildman–Crippen MR) is 120 cm³/mol. The van der Waals surface area contributed by atoms with Gasteiger partial charge in [-0.15, -0.1) is 0 Å². The number of piperidine rings is 1. The SMILES string of the molecule is CC1=CN2NCC(C(=O)Nc3cc4c(cc3N3CCC(CO)CC3)OC(C)C4)=C2N=C1. The molecule has 8 nitrogen and oxygen atoms in total. The second-order valence-electron chi connectivity index (χ2n) is 8.82. The van der Waals surface area contributed by atoms with Crippen LogP contribution in [-0.4, -0.2) is 54.6 Å². The summed E-state index contributed by atoms with van der Waals surface area (Å²) < 4.78 is 5.99. The quantitative estimate of drug-likeness (QED) is 0.688. The predicted octanol–water partition coefficient (Wildman–Crippen LogP) is 2.18. The first-order valence-corrected chi connectivity index (χ1v) is 11.0. The first-order chi connectivity index (χ1) is 15.0. The van der Waals surface area contributed by atoms with Crippen molar-refractivity contribution < 1.29 is 14.6 Å². The van der Waals surface area contributed by atoms with E-state index in [1.165, 1.54) is 0 Å². The molecule has 1 unspecified atom stereocenters. The fraction of sp³-hybridized carbons (Fsp3) is 0.478. The third kappa shape index (κ3) is 3.81. The van der Waals surface area contributed by atoms with Gasteiger partial charge in [-0.25, -0.2) is 10.4 Å². The molecule has 31 heavy (non-hydrogen) atoms. The first kappa shape index (κ1) is 20.1. The molecule has 4 aliphatic heterocycles. The molecule has 1 aromatic carbocycles. The fourth-order valence-corrected chi connectivity index (χ4v) is 4.66. The van der Waals surface area contributed by atoms with Gasteiger partial charge in [-0.2, -0.15) is 0 Å². The molecular formula is C23H29N5O3. The molecule has 1 saturated heterocycles. The van der Waals surface area contributed by atoms with Crippen LogP contribution in [-0.2, 0) is 11.2 Å². The van der Waals surface area contributed by atoms with Crippen molar-refractivity contribution in [2.75, 3.05) is 36.5 Å². The summed E-state index contributed by atoms with van der Waals surface area (Å²) >= 11 is 0. The van der Waals surface area contributed by atoms with E-state index >= 15 is 0 Å². The highest BCUT2D eigenvalue weighted by molar-refractivity contribution is 6.07. The summed E-state index contributed by atoms with van der Waals surface area (Å²) in [6.07, 6.45) is 6.56. The van der Waals surface area contributed by atoms with Gasteiger partial charge in [0.25, 0.3) is 5.91 Å². The van der Waals surface area contributed by atoms with Crippen LogP contribution in [0, 0.1) is 5.92 Å². The summed E-state index contributed by atoms with van der Waals surface area (Å²) in [6.45, 7) is 6.40. The van der Waals surface area contributed by atoms with E-state index in [1.54, 1.807) is 6.21 Å². The number of aliphatic hydroxyl groups excluding tert-OH is 1. The molecule has 0 spiro atoms. The van der Waals surface area contributed by atoms with Crippen molar-refractivity contribution in [2.24, 2.45) is 10.9 Å². The van der Waals surface area contributed by atoms with Crippen LogP contribution in [0.1, 0.15) is 32.3 Å². The van der Waals surface area contributed by atoms with Crippen LogP contribution in [0.15, 0.2) is 40.3 Å². The number of ether oxygens (including phenoxy) is 1. The van der Waals surface area contributed by atoms with Gasteiger partial charge in [-0.05, 0) is 44.2 Å². The maximum Gasteiger partial charge on any atom is 0.256 e. The van der Waals surface area contributed by atoms with Crippen molar-refractivity contribution in [3.05, 3.63) is 40.9 Å². The Balaban J connectivity index is 1.43. The van der Waals surface area contributed by atoms with Crippen LogP contribution in [0.5, 0.6) is 5.75 Å². The second-order valence-corrected chi connectivity index (χ2v) is 8.82. The zero-order valence-electron chi connectivity index (χ0n) is 18.0. The molecule has 1 aromatic rings. The maximum atomic E-state index is 13.2. The minimum Gasteiger partial charge on any atom is -0.490 e. The highest BCUT2D eigenvalue weighted by Gasteiger charge is 2.30. The lowest BCUT2D eigenvalue weighted by Gasteiger charge is -2.34. The average molecular weight is 424 g/mol. The number of nitrogens with one attached hydrogen (secondary N) is 2. The van der Waals surface area contributed by atoms with E-state index in [-0.39, 0.29) is 18.6 Å². The van der Waals surface area contributed by atoms with Crippen LogP contribution in [0.25, 0.3) is 0 Å². The molecule has 3 N–H and O–H groups in total. The van der Waals surface area contributed by atoms with Crippen molar-refractivity contribution in [1.82, 2.24) is 10.4 Å². The van der Waals surface area contributed by atoms with Crippen molar-refractivity contribution in [3.63, 3.8) is 0 Å².